The van der Waals surface area contributed by atoms with Crippen molar-refractivity contribution in [2.45, 2.75) is 50.6 Å². The molecule has 1 spiro atoms. The van der Waals surface area contributed by atoms with Crippen molar-refractivity contribution >= 4 is 0 Å². The normalized spacial score (nSPS) is 43.6. The predicted octanol–water partition coefficient (Wildman–Crippen LogP) is 3.89. The standard InChI is InChI=1S/C17H22O2/c1-4-15(14-8-6-5-7-9-14)16-11-17(16)18-12(2)10-13(3)19-17/h4-9,12-13,15-16H,1,10-11H2,2-3H3/t12-,13-,15+,16-/m1/s1/i11D/t11-,12+,13+,15-,16+/m0. The summed E-state index contributed by atoms with van der Waals surface area (Å²) < 4.78 is 20.4. The molecule has 2 aliphatic rings. The third-order valence-corrected chi connectivity index (χ3v) is 4.03. The van der Waals surface area contributed by atoms with Crippen LogP contribution in [0.4, 0.5) is 0 Å². The van der Waals surface area contributed by atoms with E-state index in [1.165, 1.54) is 5.56 Å². The molecule has 0 N–H and O–H groups in total. The highest BCUT2D eigenvalue weighted by molar-refractivity contribution is 5.28. The van der Waals surface area contributed by atoms with Crippen molar-refractivity contribution in [3.05, 3.63) is 48.6 Å². The molecule has 1 aliphatic carbocycles. The molecule has 0 aromatic heterocycles. The van der Waals surface area contributed by atoms with Gasteiger partial charge < -0.3 is 9.47 Å². The van der Waals surface area contributed by atoms with E-state index in [1.807, 2.05) is 24.3 Å². The van der Waals surface area contributed by atoms with Gasteiger partial charge in [-0.05, 0) is 25.8 Å². The first-order valence-corrected chi connectivity index (χ1v) is 7.04. The van der Waals surface area contributed by atoms with Crippen molar-refractivity contribution in [2.24, 2.45) is 5.92 Å². The van der Waals surface area contributed by atoms with E-state index in [4.69, 9.17) is 10.8 Å². The minimum Gasteiger partial charge on any atom is -0.347 e. The molecule has 1 aromatic rings. The molecule has 1 aliphatic heterocycles. The lowest BCUT2D eigenvalue weighted by Crippen LogP contribution is -2.39. The van der Waals surface area contributed by atoms with E-state index in [2.05, 4.69) is 32.6 Å². The molecule has 1 saturated heterocycles. The first kappa shape index (κ1) is 11.7. The van der Waals surface area contributed by atoms with Crippen LogP contribution >= 0.6 is 0 Å². The summed E-state index contributed by atoms with van der Waals surface area (Å²) in [6.07, 6.45) is 2.78. The Labute approximate surface area is 116 Å². The average molecular weight is 259 g/mol. The first-order valence-electron chi connectivity index (χ1n) is 7.61. The third kappa shape index (κ3) is 2.35. The summed E-state index contributed by atoms with van der Waals surface area (Å²) in [6, 6.07) is 10.2. The van der Waals surface area contributed by atoms with Crippen LogP contribution in [-0.2, 0) is 9.47 Å². The molecule has 2 fully saturated rings. The number of rotatable bonds is 3. The Balaban J connectivity index is 1.86. The van der Waals surface area contributed by atoms with Crippen LogP contribution in [-0.4, -0.2) is 18.0 Å². The molecule has 0 amide bonds. The van der Waals surface area contributed by atoms with Crippen LogP contribution in [0.25, 0.3) is 0 Å². The molecule has 0 unspecified atom stereocenters. The van der Waals surface area contributed by atoms with Crippen molar-refractivity contribution in [1.82, 2.24) is 0 Å². The largest absolute Gasteiger partial charge is 0.347 e. The van der Waals surface area contributed by atoms with Crippen LogP contribution in [0.2, 0.25) is 0 Å². The zero-order valence-corrected chi connectivity index (χ0v) is 11.6. The molecule has 0 bridgehead atoms. The van der Waals surface area contributed by atoms with E-state index in [1.54, 1.807) is 0 Å². The first-order chi connectivity index (χ1) is 9.58. The number of benzene rings is 1. The summed E-state index contributed by atoms with van der Waals surface area (Å²) in [7, 11) is 0. The van der Waals surface area contributed by atoms with Gasteiger partial charge >= 0.3 is 0 Å². The summed E-state index contributed by atoms with van der Waals surface area (Å²) in [5.74, 6) is -0.588. The zero-order valence-electron chi connectivity index (χ0n) is 12.6. The summed E-state index contributed by atoms with van der Waals surface area (Å²) >= 11 is 0. The van der Waals surface area contributed by atoms with Gasteiger partial charge in [-0.15, -0.1) is 6.58 Å². The highest BCUT2D eigenvalue weighted by Gasteiger charge is 2.62. The van der Waals surface area contributed by atoms with Crippen molar-refractivity contribution in [2.75, 3.05) is 0 Å². The minimum absolute atomic E-state index is 0.0348. The predicted molar refractivity (Wildman–Crippen MR) is 75.9 cm³/mol. The van der Waals surface area contributed by atoms with Crippen LogP contribution in [0.5, 0.6) is 0 Å². The van der Waals surface area contributed by atoms with Crippen molar-refractivity contribution in [3.8, 4) is 0 Å². The van der Waals surface area contributed by atoms with Gasteiger partial charge in [0.2, 0.25) is 0 Å². The summed E-state index contributed by atoms with van der Waals surface area (Å²) in [5, 5.41) is 0. The lowest BCUT2D eigenvalue weighted by Gasteiger charge is -2.34. The van der Waals surface area contributed by atoms with Gasteiger partial charge in [0.25, 0.3) is 0 Å². The second-order valence-electron chi connectivity index (χ2n) is 5.68. The Bertz CT molecular complexity index is 477. The van der Waals surface area contributed by atoms with Crippen LogP contribution < -0.4 is 0 Å². The highest BCUT2D eigenvalue weighted by Crippen LogP contribution is 2.58. The molecule has 5 atom stereocenters. The lowest BCUT2D eigenvalue weighted by atomic mass is 9.93. The summed E-state index contributed by atoms with van der Waals surface area (Å²) in [6.45, 7) is 8.08. The highest BCUT2D eigenvalue weighted by atomic mass is 16.7. The molecule has 19 heavy (non-hydrogen) atoms. The van der Waals surface area contributed by atoms with E-state index < -0.39 is 5.79 Å². The van der Waals surface area contributed by atoms with Crippen LogP contribution in [0.15, 0.2) is 43.0 Å². The fraction of sp³-hybridized carbons (Fsp3) is 0.529. The van der Waals surface area contributed by atoms with Crippen molar-refractivity contribution in [3.63, 3.8) is 0 Å². The topological polar surface area (TPSA) is 18.5 Å². The Kier molecular flexibility index (Phi) is 2.93. The van der Waals surface area contributed by atoms with Gasteiger partial charge in [0, 0.05) is 19.6 Å². The molecule has 102 valence electrons. The minimum atomic E-state index is -0.730. The van der Waals surface area contributed by atoms with Crippen LogP contribution in [0.1, 0.15) is 39.5 Å². The molecular formula is C17H22O2. The fourth-order valence-corrected chi connectivity index (χ4v) is 3.18. The van der Waals surface area contributed by atoms with Gasteiger partial charge in [-0.2, -0.15) is 0 Å². The molecule has 1 aromatic carbocycles. The van der Waals surface area contributed by atoms with Gasteiger partial charge in [0.15, 0.2) is 5.79 Å². The summed E-state index contributed by atoms with van der Waals surface area (Å²) in [4.78, 5) is 0. The second kappa shape index (κ2) is 4.77. The van der Waals surface area contributed by atoms with Gasteiger partial charge in [-0.1, -0.05) is 36.4 Å². The fourth-order valence-electron chi connectivity index (χ4n) is 3.18. The SMILES string of the molecule is [2H][C@H]1[C@H]([C@@H](C=C)c2ccccc2)C12O[C@H](C)C[C@@H](C)O2. The molecular weight excluding hydrogens is 236 g/mol. The Morgan fingerprint density at radius 3 is 2.53 bits per heavy atom. The molecule has 0 radical (unpaired) electrons. The maximum Gasteiger partial charge on any atom is 0.173 e. The van der Waals surface area contributed by atoms with E-state index in [9.17, 15) is 0 Å². The Morgan fingerprint density at radius 2 is 1.95 bits per heavy atom. The zero-order chi connectivity index (χ0) is 14.3. The maximum absolute atomic E-state index is 8.36. The second-order valence-corrected chi connectivity index (χ2v) is 5.68. The third-order valence-electron chi connectivity index (χ3n) is 4.03. The smallest absolute Gasteiger partial charge is 0.173 e. The average Bonchev–Trinajstić information content (AvgIpc) is 2.94. The summed E-state index contributed by atoms with van der Waals surface area (Å²) in [5.41, 5.74) is 1.18. The Hall–Kier alpha value is -1.12. The molecule has 2 nitrogen and oxygen atoms in total. The molecule has 1 saturated carbocycles. The number of hydrogen-bond donors (Lipinski definition) is 0. The maximum atomic E-state index is 8.36. The molecule has 1 heterocycles. The van der Waals surface area contributed by atoms with Crippen LogP contribution in [0, 0.1) is 5.92 Å². The van der Waals surface area contributed by atoms with E-state index in [0.717, 1.165) is 6.42 Å². The number of ether oxygens (including phenoxy) is 2. The van der Waals surface area contributed by atoms with Gasteiger partial charge in [-0.3, -0.25) is 0 Å². The molecule has 3 rings (SSSR count). The lowest BCUT2D eigenvalue weighted by molar-refractivity contribution is -0.263. The van der Waals surface area contributed by atoms with Gasteiger partial charge in [-0.25, -0.2) is 0 Å². The van der Waals surface area contributed by atoms with Crippen molar-refractivity contribution < 1.29 is 10.8 Å². The quantitative estimate of drug-likeness (QED) is 0.767. The Morgan fingerprint density at radius 1 is 1.32 bits per heavy atom. The van der Waals surface area contributed by atoms with E-state index in [-0.39, 0.29) is 30.4 Å². The van der Waals surface area contributed by atoms with Crippen LogP contribution in [0.3, 0.4) is 0 Å². The molecule has 2 heteroatoms. The van der Waals surface area contributed by atoms with E-state index in [0.29, 0.717) is 0 Å². The van der Waals surface area contributed by atoms with E-state index >= 15 is 0 Å². The number of allylic oxidation sites excluding steroid dienone is 1. The number of hydrogen-bond acceptors (Lipinski definition) is 2. The van der Waals surface area contributed by atoms with Gasteiger partial charge in [0.05, 0.1) is 12.2 Å². The monoisotopic (exact) mass is 259 g/mol. The van der Waals surface area contributed by atoms with Gasteiger partial charge in [0.1, 0.15) is 0 Å². The van der Waals surface area contributed by atoms with Crippen molar-refractivity contribution in [1.29, 1.82) is 0 Å².